The normalized spacial score (nSPS) is 12.4. The van der Waals surface area contributed by atoms with Gasteiger partial charge in [0.25, 0.3) is 0 Å². The molecule has 0 heterocycles. The molecular weight excluding hydrogens is 233 g/mol. The van der Waals surface area contributed by atoms with Crippen molar-refractivity contribution in [3.05, 3.63) is 29.6 Å². The standard InChI is InChI=1S/C14H22FNO2/c1-3-7-16-11(2)13-6-5-12(15)10-14(13)18-9-4-8-17/h5-6,10-11,16-17H,3-4,7-9H2,1-2H3. The molecule has 102 valence electrons. The molecule has 1 aromatic carbocycles. The molecule has 0 bridgehead atoms. The molecule has 0 aliphatic carbocycles. The third-order valence-electron chi connectivity index (χ3n) is 2.70. The van der Waals surface area contributed by atoms with Crippen LogP contribution in [-0.4, -0.2) is 24.9 Å². The molecule has 4 heteroatoms. The molecule has 18 heavy (non-hydrogen) atoms. The lowest BCUT2D eigenvalue weighted by atomic mass is 10.1. The third kappa shape index (κ3) is 4.63. The second kappa shape index (κ2) is 8.06. The summed E-state index contributed by atoms with van der Waals surface area (Å²) < 4.78 is 18.7. The Balaban J connectivity index is 2.74. The summed E-state index contributed by atoms with van der Waals surface area (Å²) >= 11 is 0. The van der Waals surface area contributed by atoms with Crippen LogP contribution >= 0.6 is 0 Å². The van der Waals surface area contributed by atoms with Crippen LogP contribution in [0.25, 0.3) is 0 Å². The highest BCUT2D eigenvalue weighted by Crippen LogP contribution is 2.26. The van der Waals surface area contributed by atoms with E-state index in [1.807, 2.05) is 6.92 Å². The summed E-state index contributed by atoms with van der Waals surface area (Å²) in [6, 6.07) is 4.71. The van der Waals surface area contributed by atoms with Gasteiger partial charge in [0, 0.05) is 30.7 Å². The molecular formula is C14H22FNO2. The van der Waals surface area contributed by atoms with Crippen LogP contribution < -0.4 is 10.1 Å². The fraction of sp³-hybridized carbons (Fsp3) is 0.571. The summed E-state index contributed by atoms with van der Waals surface area (Å²) in [4.78, 5) is 0. The summed E-state index contributed by atoms with van der Waals surface area (Å²) in [7, 11) is 0. The Morgan fingerprint density at radius 1 is 1.44 bits per heavy atom. The van der Waals surface area contributed by atoms with Gasteiger partial charge in [0.1, 0.15) is 11.6 Å². The van der Waals surface area contributed by atoms with Gasteiger partial charge in [-0.15, -0.1) is 0 Å². The fourth-order valence-corrected chi connectivity index (χ4v) is 1.71. The van der Waals surface area contributed by atoms with E-state index in [9.17, 15) is 4.39 Å². The Labute approximate surface area is 108 Å². The summed E-state index contributed by atoms with van der Waals surface area (Å²) in [5.74, 6) is 0.250. The zero-order chi connectivity index (χ0) is 13.4. The van der Waals surface area contributed by atoms with Gasteiger partial charge >= 0.3 is 0 Å². The molecule has 0 saturated carbocycles. The number of nitrogens with one attached hydrogen (secondary N) is 1. The predicted octanol–water partition coefficient (Wildman–Crippen LogP) is 2.65. The van der Waals surface area contributed by atoms with Gasteiger partial charge < -0.3 is 15.2 Å². The van der Waals surface area contributed by atoms with Crippen molar-refractivity contribution in [1.82, 2.24) is 5.32 Å². The largest absolute Gasteiger partial charge is 0.493 e. The molecule has 0 amide bonds. The van der Waals surface area contributed by atoms with E-state index in [4.69, 9.17) is 9.84 Å². The van der Waals surface area contributed by atoms with E-state index in [1.165, 1.54) is 12.1 Å². The van der Waals surface area contributed by atoms with Crippen molar-refractivity contribution in [3.63, 3.8) is 0 Å². The molecule has 0 aliphatic rings. The average Bonchev–Trinajstić information content (AvgIpc) is 2.36. The Hall–Kier alpha value is -1.13. The molecule has 1 rings (SSSR count). The first-order valence-corrected chi connectivity index (χ1v) is 6.45. The topological polar surface area (TPSA) is 41.5 Å². The van der Waals surface area contributed by atoms with E-state index in [2.05, 4.69) is 12.2 Å². The maximum atomic E-state index is 13.2. The molecule has 0 aromatic heterocycles. The van der Waals surface area contributed by atoms with Crippen molar-refractivity contribution in [2.24, 2.45) is 0 Å². The number of hydrogen-bond acceptors (Lipinski definition) is 3. The summed E-state index contributed by atoms with van der Waals surface area (Å²) in [6.45, 7) is 5.52. The van der Waals surface area contributed by atoms with Crippen LogP contribution in [0.3, 0.4) is 0 Å². The van der Waals surface area contributed by atoms with Gasteiger partial charge in [-0.25, -0.2) is 4.39 Å². The van der Waals surface area contributed by atoms with Crippen LogP contribution in [0.15, 0.2) is 18.2 Å². The van der Waals surface area contributed by atoms with Crippen molar-refractivity contribution in [2.75, 3.05) is 19.8 Å². The summed E-state index contributed by atoms with van der Waals surface area (Å²) in [6.07, 6.45) is 1.60. The molecule has 1 unspecified atom stereocenters. The molecule has 0 radical (unpaired) electrons. The van der Waals surface area contributed by atoms with E-state index in [0.717, 1.165) is 18.5 Å². The second-order valence-electron chi connectivity index (χ2n) is 4.28. The van der Waals surface area contributed by atoms with E-state index >= 15 is 0 Å². The molecule has 2 N–H and O–H groups in total. The zero-order valence-corrected chi connectivity index (χ0v) is 11.1. The van der Waals surface area contributed by atoms with Crippen LogP contribution in [-0.2, 0) is 0 Å². The highest BCUT2D eigenvalue weighted by atomic mass is 19.1. The van der Waals surface area contributed by atoms with Gasteiger partial charge in [-0.3, -0.25) is 0 Å². The first kappa shape index (κ1) is 14.9. The van der Waals surface area contributed by atoms with Crippen molar-refractivity contribution in [3.8, 4) is 5.75 Å². The van der Waals surface area contributed by atoms with Crippen LogP contribution in [0.5, 0.6) is 5.75 Å². The van der Waals surface area contributed by atoms with Gasteiger partial charge in [0.2, 0.25) is 0 Å². The van der Waals surface area contributed by atoms with Crippen LogP contribution in [0, 0.1) is 5.82 Å². The Kier molecular flexibility index (Phi) is 6.68. The third-order valence-corrected chi connectivity index (χ3v) is 2.70. The number of halogens is 1. The quantitative estimate of drug-likeness (QED) is 0.702. The highest BCUT2D eigenvalue weighted by Gasteiger charge is 2.12. The number of ether oxygens (including phenoxy) is 1. The van der Waals surface area contributed by atoms with Crippen LogP contribution in [0.2, 0.25) is 0 Å². The second-order valence-corrected chi connectivity index (χ2v) is 4.28. The minimum Gasteiger partial charge on any atom is -0.493 e. The first-order valence-electron chi connectivity index (χ1n) is 6.45. The van der Waals surface area contributed by atoms with Crippen LogP contribution in [0.4, 0.5) is 4.39 Å². The monoisotopic (exact) mass is 255 g/mol. The maximum absolute atomic E-state index is 13.2. The smallest absolute Gasteiger partial charge is 0.126 e. The maximum Gasteiger partial charge on any atom is 0.126 e. The highest BCUT2D eigenvalue weighted by molar-refractivity contribution is 5.36. The van der Waals surface area contributed by atoms with Crippen molar-refractivity contribution >= 4 is 0 Å². The summed E-state index contributed by atoms with van der Waals surface area (Å²) in [5.41, 5.74) is 0.947. The minimum atomic E-state index is -0.305. The lowest BCUT2D eigenvalue weighted by molar-refractivity contribution is 0.231. The van der Waals surface area contributed by atoms with E-state index in [1.54, 1.807) is 6.07 Å². The number of aliphatic hydroxyl groups excluding tert-OH is 1. The number of benzene rings is 1. The van der Waals surface area contributed by atoms with Gasteiger partial charge in [-0.1, -0.05) is 13.0 Å². The Bertz CT molecular complexity index is 358. The van der Waals surface area contributed by atoms with Crippen molar-refractivity contribution < 1.29 is 14.2 Å². The molecule has 0 saturated heterocycles. The lowest BCUT2D eigenvalue weighted by Crippen LogP contribution is -2.20. The number of aliphatic hydroxyl groups is 1. The lowest BCUT2D eigenvalue weighted by Gasteiger charge is -2.18. The van der Waals surface area contributed by atoms with E-state index in [-0.39, 0.29) is 18.5 Å². The van der Waals surface area contributed by atoms with Gasteiger partial charge in [-0.2, -0.15) is 0 Å². The fourth-order valence-electron chi connectivity index (χ4n) is 1.71. The minimum absolute atomic E-state index is 0.0777. The molecule has 0 fully saturated rings. The zero-order valence-electron chi connectivity index (χ0n) is 11.1. The van der Waals surface area contributed by atoms with E-state index in [0.29, 0.717) is 18.8 Å². The van der Waals surface area contributed by atoms with Crippen molar-refractivity contribution in [2.45, 2.75) is 32.7 Å². The SMILES string of the molecule is CCCNC(C)c1ccc(F)cc1OCCCO. The van der Waals surface area contributed by atoms with Crippen molar-refractivity contribution in [1.29, 1.82) is 0 Å². The van der Waals surface area contributed by atoms with Gasteiger partial charge in [-0.05, 0) is 26.0 Å². The van der Waals surface area contributed by atoms with Crippen LogP contribution in [0.1, 0.15) is 38.3 Å². The molecule has 0 spiro atoms. The number of hydrogen-bond donors (Lipinski definition) is 2. The van der Waals surface area contributed by atoms with Gasteiger partial charge in [0.15, 0.2) is 0 Å². The van der Waals surface area contributed by atoms with Gasteiger partial charge in [0.05, 0.1) is 6.61 Å². The average molecular weight is 255 g/mol. The number of rotatable bonds is 8. The predicted molar refractivity (Wildman–Crippen MR) is 70.3 cm³/mol. The molecule has 0 aliphatic heterocycles. The molecule has 3 nitrogen and oxygen atoms in total. The summed E-state index contributed by atoms with van der Waals surface area (Å²) in [5, 5.41) is 12.1. The molecule has 1 aromatic rings. The Morgan fingerprint density at radius 2 is 2.22 bits per heavy atom. The van der Waals surface area contributed by atoms with E-state index < -0.39 is 0 Å². The molecule has 1 atom stereocenters. The first-order chi connectivity index (χ1) is 8.69. The Morgan fingerprint density at radius 3 is 2.89 bits per heavy atom.